The maximum absolute atomic E-state index is 12.3. The Morgan fingerprint density at radius 3 is 2.41 bits per heavy atom. The monoisotopic (exact) mass is 429 g/mol. The molecule has 3 rings (SSSR count). The summed E-state index contributed by atoms with van der Waals surface area (Å²) < 4.78 is 1.96. The van der Waals surface area contributed by atoms with Gasteiger partial charge in [-0.2, -0.15) is 0 Å². The van der Waals surface area contributed by atoms with Crippen LogP contribution >= 0.6 is 23.4 Å². The second kappa shape index (κ2) is 9.58. The minimum Gasteiger partial charge on any atom is -0.326 e. The van der Waals surface area contributed by atoms with Crippen LogP contribution in [0.3, 0.4) is 0 Å². The van der Waals surface area contributed by atoms with E-state index >= 15 is 0 Å². The highest BCUT2D eigenvalue weighted by atomic mass is 35.5. The van der Waals surface area contributed by atoms with Crippen LogP contribution in [0, 0.1) is 0 Å². The van der Waals surface area contributed by atoms with Crippen molar-refractivity contribution >= 4 is 46.6 Å². The molecule has 7 nitrogen and oxygen atoms in total. The maximum atomic E-state index is 12.3. The number of hydrogen-bond donors (Lipinski definition) is 2. The third-order valence-electron chi connectivity index (χ3n) is 3.93. The summed E-state index contributed by atoms with van der Waals surface area (Å²) in [5.74, 6) is 0.575. The molecule has 0 spiro atoms. The second-order valence-corrected chi connectivity index (χ2v) is 7.54. The molecule has 150 valence electrons. The van der Waals surface area contributed by atoms with Gasteiger partial charge in [-0.05, 0) is 49.4 Å². The van der Waals surface area contributed by atoms with Crippen molar-refractivity contribution in [2.24, 2.45) is 0 Å². The van der Waals surface area contributed by atoms with E-state index < -0.39 is 0 Å². The number of benzene rings is 2. The van der Waals surface area contributed by atoms with E-state index in [4.69, 9.17) is 11.6 Å². The normalized spacial score (nSPS) is 10.6. The van der Waals surface area contributed by atoms with E-state index in [-0.39, 0.29) is 17.6 Å². The number of nitrogens with one attached hydrogen (secondary N) is 2. The smallest absolute Gasteiger partial charge is 0.234 e. The number of nitrogens with zero attached hydrogens (tertiary/aromatic N) is 3. The van der Waals surface area contributed by atoms with Crippen LogP contribution in [0.5, 0.6) is 0 Å². The van der Waals surface area contributed by atoms with E-state index in [9.17, 15) is 9.59 Å². The molecule has 0 fully saturated rings. The van der Waals surface area contributed by atoms with Crippen molar-refractivity contribution in [1.82, 2.24) is 14.8 Å². The number of rotatable bonds is 7. The number of hydrogen-bond acceptors (Lipinski definition) is 5. The Balaban J connectivity index is 1.65. The van der Waals surface area contributed by atoms with E-state index in [2.05, 4.69) is 20.8 Å². The van der Waals surface area contributed by atoms with Gasteiger partial charge < -0.3 is 15.2 Å². The number of aromatic nitrogens is 3. The van der Waals surface area contributed by atoms with Crippen molar-refractivity contribution in [3.8, 4) is 11.4 Å². The molecule has 1 heterocycles. The fraction of sp³-hybridized carbons (Fsp3) is 0.200. The summed E-state index contributed by atoms with van der Waals surface area (Å²) in [5, 5.41) is 15.3. The Labute approximate surface area is 177 Å². The van der Waals surface area contributed by atoms with E-state index in [0.717, 1.165) is 11.4 Å². The minimum absolute atomic E-state index is 0.167. The predicted octanol–water partition coefficient (Wildman–Crippen LogP) is 4.31. The van der Waals surface area contributed by atoms with Gasteiger partial charge in [-0.25, -0.2) is 0 Å². The van der Waals surface area contributed by atoms with Gasteiger partial charge in [-0.15, -0.1) is 10.2 Å². The van der Waals surface area contributed by atoms with Gasteiger partial charge in [0.1, 0.15) is 0 Å². The molecule has 3 aromatic rings. The quantitative estimate of drug-likeness (QED) is 0.546. The summed E-state index contributed by atoms with van der Waals surface area (Å²) in [4.78, 5) is 23.5. The van der Waals surface area contributed by atoms with Crippen molar-refractivity contribution in [2.75, 3.05) is 16.4 Å². The van der Waals surface area contributed by atoms with Crippen LogP contribution in [0.2, 0.25) is 5.02 Å². The zero-order valence-corrected chi connectivity index (χ0v) is 17.5. The molecule has 1 aromatic heterocycles. The highest BCUT2D eigenvalue weighted by Gasteiger charge is 2.15. The van der Waals surface area contributed by atoms with Crippen molar-refractivity contribution in [3.05, 3.63) is 53.6 Å². The molecular weight excluding hydrogens is 410 g/mol. The van der Waals surface area contributed by atoms with Crippen LogP contribution < -0.4 is 10.6 Å². The molecule has 0 radical (unpaired) electrons. The predicted molar refractivity (Wildman–Crippen MR) is 116 cm³/mol. The molecule has 0 aliphatic carbocycles. The van der Waals surface area contributed by atoms with Gasteiger partial charge in [0.2, 0.25) is 11.8 Å². The second-order valence-electron chi connectivity index (χ2n) is 6.16. The highest BCUT2D eigenvalue weighted by Crippen LogP contribution is 2.25. The first-order valence-corrected chi connectivity index (χ1v) is 10.3. The van der Waals surface area contributed by atoms with Crippen LogP contribution in [0.1, 0.15) is 13.8 Å². The molecule has 0 saturated carbocycles. The molecule has 0 aliphatic rings. The number of thioether (sulfide) groups is 1. The summed E-state index contributed by atoms with van der Waals surface area (Å²) in [7, 11) is 0. The number of carbonyl (C=O) groups excluding carboxylic acids is 2. The molecule has 0 aliphatic heterocycles. The van der Waals surface area contributed by atoms with Gasteiger partial charge in [-0.1, -0.05) is 29.4 Å². The third kappa shape index (κ3) is 5.58. The summed E-state index contributed by atoms with van der Waals surface area (Å²) >= 11 is 7.27. The fourth-order valence-electron chi connectivity index (χ4n) is 2.70. The van der Waals surface area contributed by atoms with Crippen molar-refractivity contribution < 1.29 is 9.59 Å². The summed E-state index contributed by atoms with van der Waals surface area (Å²) in [6.45, 7) is 4.11. The molecule has 2 N–H and O–H groups in total. The van der Waals surface area contributed by atoms with E-state index in [1.54, 1.807) is 36.4 Å². The zero-order valence-electron chi connectivity index (χ0n) is 16.0. The number of carbonyl (C=O) groups is 2. The lowest BCUT2D eigenvalue weighted by molar-refractivity contribution is -0.114. The van der Waals surface area contributed by atoms with Crippen LogP contribution in [-0.2, 0) is 16.1 Å². The van der Waals surface area contributed by atoms with Gasteiger partial charge >= 0.3 is 0 Å². The molecule has 0 bridgehead atoms. The summed E-state index contributed by atoms with van der Waals surface area (Å²) in [5.41, 5.74) is 2.15. The van der Waals surface area contributed by atoms with E-state index in [0.29, 0.717) is 28.1 Å². The number of anilines is 2. The third-order valence-corrected chi connectivity index (χ3v) is 5.15. The molecule has 9 heteroatoms. The lowest BCUT2D eigenvalue weighted by Gasteiger charge is -2.09. The van der Waals surface area contributed by atoms with Gasteiger partial charge in [0.15, 0.2) is 11.0 Å². The Hall–Kier alpha value is -2.84. The Kier molecular flexibility index (Phi) is 6.90. The Morgan fingerprint density at radius 2 is 1.76 bits per heavy atom. The van der Waals surface area contributed by atoms with Gasteiger partial charge in [0.05, 0.1) is 5.75 Å². The zero-order chi connectivity index (χ0) is 20.8. The van der Waals surface area contributed by atoms with E-state index in [1.165, 1.54) is 18.7 Å². The first kappa shape index (κ1) is 20.9. The van der Waals surface area contributed by atoms with E-state index in [1.807, 2.05) is 23.6 Å². The van der Waals surface area contributed by atoms with Crippen molar-refractivity contribution in [3.63, 3.8) is 0 Å². The first-order valence-electron chi connectivity index (χ1n) is 8.95. The summed E-state index contributed by atoms with van der Waals surface area (Å²) in [6, 6.07) is 14.4. The fourth-order valence-corrected chi connectivity index (χ4v) is 3.63. The molecular formula is C20H20ClN5O2S. The number of halogens is 1. The first-order chi connectivity index (χ1) is 14.0. The van der Waals surface area contributed by atoms with Crippen molar-refractivity contribution in [1.29, 1.82) is 0 Å². The lowest BCUT2D eigenvalue weighted by atomic mass is 10.2. The average Bonchev–Trinajstić information content (AvgIpc) is 3.09. The highest BCUT2D eigenvalue weighted by molar-refractivity contribution is 7.99. The largest absolute Gasteiger partial charge is 0.326 e. The lowest BCUT2D eigenvalue weighted by Crippen LogP contribution is -2.15. The maximum Gasteiger partial charge on any atom is 0.234 e. The molecule has 0 atom stereocenters. The van der Waals surface area contributed by atoms with Crippen LogP contribution in [-0.4, -0.2) is 32.3 Å². The van der Waals surface area contributed by atoms with Crippen LogP contribution in [0.15, 0.2) is 53.7 Å². The topological polar surface area (TPSA) is 88.9 Å². The van der Waals surface area contributed by atoms with Crippen LogP contribution in [0.25, 0.3) is 11.4 Å². The molecule has 2 amide bonds. The SMILES string of the molecule is CCn1c(SCC(=O)Nc2cccc(NC(C)=O)c2)nnc1-c1ccc(Cl)cc1. The number of amides is 2. The average molecular weight is 430 g/mol. The van der Waals surface area contributed by atoms with Gasteiger partial charge in [0.25, 0.3) is 0 Å². The summed E-state index contributed by atoms with van der Waals surface area (Å²) in [6.07, 6.45) is 0. The van der Waals surface area contributed by atoms with Gasteiger partial charge in [0, 0.05) is 35.4 Å². The standard InChI is InChI=1S/C20H20ClN5O2S/c1-3-26-19(14-7-9-15(21)10-8-14)24-25-20(26)29-12-18(28)23-17-6-4-5-16(11-17)22-13(2)27/h4-11H,3,12H2,1-2H3,(H,22,27)(H,23,28). The minimum atomic E-state index is -0.173. The van der Waals surface area contributed by atoms with Gasteiger partial charge in [-0.3, -0.25) is 9.59 Å². The van der Waals surface area contributed by atoms with Crippen LogP contribution in [0.4, 0.5) is 11.4 Å². The Bertz CT molecular complexity index is 1020. The molecule has 0 unspecified atom stereocenters. The Morgan fingerprint density at radius 1 is 1.07 bits per heavy atom. The molecule has 2 aromatic carbocycles. The van der Waals surface area contributed by atoms with Crippen molar-refractivity contribution in [2.45, 2.75) is 25.5 Å². The molecule has 0 saturated heterocycles. The molecule has 29 heavy (non-hydrogen) atoms.